The fourth-order valence-corrected chi connectivity index (χ4v) is 4.51. The molecule has 0 spiro atoms. The van der Waals surface area contributed by atoms with Crippen LogP contribution in [0.15, 0.2) is 4.99 Å². The van der Waals surface area contributed by atoms with Crippen LogP contribution in [-0.2, 0) is 13.5 Å². The van der Waals surface area contributed by atoms with Gasteiger partial charge in [0.2, 0.25) is 0 Å². The molecule has 26 heavy (non-hydrogen) atoms. The molecule has 1 aromatic rings. The summed E-state index contributed by atoms with van der Waals surface area (Å²) in [4.78, 5) is 4.45. The number of halogens is 1. The van der Waals surface area contributed by atoms with E-state index >= 15 is 0 Å². The van der Waals surface area contributed by atoms with E-state index in [0.717, 1.165) is 29.9 Å². The molecule has 5 nitrogen and oxygen atoms in total. The second-order valence-electron chi connectivity index (χ2n) is 8.14. The van der Waals surface area contributed by atoms with Crippen LogP contribution < -0.4 is 10.6 Å². The number of nitrogens with one attached hydrogen (secondary N) is 2. The number of rotatable bonds is 5. The zero-order chi connectivity index (χ0) is 18.0. The minimum absolute atomic E-state index is 0. The molecular weight excluding hydrogens is 437 g/mol. The summed E-state index contributed by atoms with van der Waals surface area (Å²) < 4.78 is 1.98. The molecule has 0 saturated heterocycles. The Morgan fingerprint density at radius 1 is 1.27 bits per heavy atom. The molecule has 2 fully saturated rings. The van der Waals surface area contributed by atoms with Crippen LogP contribution >= 0.6 is 24.0 Å². The van der Waals surface area contributed by atoms with Gasteiger partial charge in [-0.05, 0) is 51.0 Å². The lowest BCUT2D eigenvalue weighted by Gasteiger charge is -2.22. The first-order valence-electron chi connectivity index (χ1n) is 9.98. The van der Waals surface area contributed by atoms with Crippen LogP contribution in [0.4, 0.5) is 0 Å². The number of aromatic nitrogens is 2. The van der Waals surface area contributed by atoms with Crippen molar-refractivity contribution in [3.8, 4) is 0 Å². The molecule has 0 bridgehead atoms. The summed E-state index contributed by atoms with van der Waals surface area (Å²) in [5, 5.41) is 11.8. The average molecular weight is 473 g/mol. The van der Waals surface area contributed by atoms with E-state index in [1.54, 1.807) is 0 Å². The van der Waals surface area contributed by atoms with Crippen LogP contribution in [0.1, 0.15) is 62.4 Å². The molecule has 0 aromatic carbocycles. The SMILES string of the molecule is CN=C(NC(C)Cc1c(C)nn(C)c1C)NC1CC1C1CCCCC1.I. The Morgan fingerprint density at radius 3 is 2.54 bits per heavy atom. The van der Waals surface area contributed by atoms with Gasteiger partial charge in [0.1, 0.15) is 0 Å². The Balaban J connectivity index is 0.00000243. The Labute approximate surface area is 175 Å². The van der Waals surface area contributed by atoms with Gasteiger partial charge >= 0.3 is 0 Å². The number of hydrogen-bond acceptors (Lipinski definition) is 2. The molecule has 1 aromatic heterocycles. The first kappa shape index (κ1) is 21.5. The zero-order valence-electron chi connectivity index (χ0n) is 17.0. The maximum atomic E-state index is 4.53. The molecular formula is C20H36IN5. The van der Waals surface area contributed by atoms with Crippen LogP contribution in [0.3, 0.4) is 0 Å². The maximum absolute atomic E-state index is 4.53. The van der Waals surface area contributed by atoms with Crippen molar-refractivity contribution < 1.29 is 0 Å². The van der Waals surface area contributed by atoms with Gasteiger partial charge in [0.15, 0.2) is 5.96 Å². The smallest absolute Gasteiger partial charge is 0.191 e. The second kappa shape index (κ2) is 9.42. The highest BCUT2D eigenvalue weighted by Crippen LogP contribution is 2.44. The highest BCUT2D eigenvalue weighted by atomic mass is 127. The standard InChI is InChI=1S/C20H35N5.HI/c1-13(11-17-14(2)24-25(5)15(17)3)22-20(21-4)23-19-12-18(19)16-9-7-6-8-10-16;/h13,16,18-19H,6-12H2,1-5H3,(H2,21,22,23);1H. The number of aryl methyl sites for hydroxylation is 2. The maximum Gasteiger partial charge on any atom is 0.191 e. The minimum Gasteiger partial charge on any atom is -0.354 e. The highest BCUT2D eigenvalue weighted by molar-refractivity contribution is 14.0. The van der Waals surface area contributed by atoms with Gasteiger partial charge in [-0.15, -0.1) is 24.0 Å². The molecule has 3 atom stereocenters. The van der Waals surface area contributed by atoms with Gasteiger partial charge in [-0.2, -0.15) is 5.10 Å². The summed E-state index contributed by atoms with van der Waals surface area (Å²) >= 11 is 0. The third kappa shape index (κ3) is 5.14. The molecule has 2 N–H and O–H groups in total. The normalized spacial score (nSPS) is 24.7. The van der Waals surface area contributed by atoms with Crippen LogP contribution in [0.25, 0.3) is 0 Å². The predicted octanol–water partition coefficient (Wildman–Crippen LogP) is 3.72. The van der Waals surface area contributed by atoms with Gasteiger partial charge < -0.3 is 10.6 Å². The molecule has 2 aliphatic carbocycles. The fourth-order valence-electron chi connectivity index (χ4n) is 4.51. The van der Waals surface area contributed by atoms with E-state index < -0.39 is 0 Å². The molecule has 2 saturated carbocycles. The summed E-state index contributed by atoms with van der Waals surface area (Å²) in [6, 6.07) is 0.961. The van der Waals surface area contributed by atoms with Gasteiger partial charge in [0.25, 0.3) is 0 Å². The number of nitrogens with zero attached hydrogens (tertiary/aromatic N) is 3. The van der Waals surface area contributed by atoms with E-state index in [9.17, 15) is 0 Å². The number of guanidine groups is 1. The van der Waals surface area contributed by atoms with Gasteiger partial charge in [-0.3, -0.25) is 9.67 Å². The predicted molar refractivity (Wildman–Crippen MR) is 119 cm³/mol. The Bertz CT molecular complexity index is 618. The van der Waals surface area contributed by atoms with E-state index in [0.29, 0.717) is 12.1 Å². The molecule has 2 aliphatic rings. The van der Waals surface area contributed by atoms with E-state index in [4.69, 9.17) is 0 Å². The van der Waals surface area contributed by atoms with E-state index in [-0.39, 0.29) is 24.0 Å². The van der Waals surface area contributed by atoms with Crippen LogP contribution in [-0.4, -0.2) is 34.9 Å². The van der Waals surface area contributed by atoms with Crippen molar-refractivity contribution >= 4 is 29.9 Å². The van der Waals surface area contributed by atoms with Gasteiger partial charge in [0.05, 0.1) is 5.69 Å². The molecule has 1 heterocycles. The Kier molecular flexibility index (Phi) is 7.79. The Morgan fingerprint density at radius 2 is 1.96 bits per heavy atom. The van der Waals surface area contributed by atoms with Crippen molar-refractivity contribution in [3.05, 3.63) is 17.0 Å². The molecule has 148 valence electrons. The lowest BCUT2D eigenvalue weighted by Crippen LogP contribution is -2.44. The van der Waals surface area contributed by atoms with Crippen molar-refractivity contribution in [2.75, 3.05) is 7.05 Å². The first-order valence-corrected chi connectivity index (χ1v) is 9.98. The fraction of sp³-hybridized carbons (Fsp3) is 0.800. The van der Waals surface area contributed by atoms with Gasteiger partial charge in [-0.1, -0.05) is 32.1 Å². The summed E-state index contributed by atoms with van der Waals surface area (Å²) in [7, 11) is 3.89. The number of hydrogen-bond donors (Lipinski definition) is 2. The Hall–Kier alpha value is -0.790. The first-order chi connectivity index (χ1) is 12.0. The van der Waals surface area contributed by atoms with Crippen molar-refractivity contribution in [2.45, 2.75) is 77.8 Å². The van der Waals surface area contributed by atoms with Gasteiger partial charge in [-0.25, -0.2) is 0 Å². The number of aliphatic imine (C=N–C) groups is 1. The van der Waals surface area contributed by atoms with E-state index in [1.807, 2.05) is 18.8 Å². The van der Waals surface area contributed by atoms with Crippen molar-refractivity contribution in [1.82, 2.24) is 20.4 Å². The van der Waals surface area contributed by atoms with E-state index in [2.05, 4.69) is 41.5 Å². The largest absolute Gasteiger partial charge is 0.354 e. The summed E-state index contributed by atoms with van der Waals surface area (Å²) in [6.07, 6.45) is 9.47. The van der Waals surface area contributed by atoms with Crippen LogP contribution in [0, 0.1) is 25.7 Å². The lowest BCUT2D eigenvalue weighted by molar-refractivity contribution is 0.315. The molecule has 6 heteroatoms. The second-order valence-corrected chi connectivity index (χ2v) is 8.14. The summed E-state index contributed by atoms with van der Waals surface area (Å²) in [5.74, 6) is 2.77. The molecule has 3 rings (SSSR count). The van der Waals surface area contributed by atoms with Crippen LogP contribution in [0.5, 0.6) is 0 Å². The quantitative estimate of drug-likeness (QED) is 0.390. The topological polar surface area (TPSA) is 54.2 Å². The summed E-state index contributed by atoms with van der Waals surface area (Å²) in [6.45, 7) is 6.47. The molecule has 3 unspecified atom stereocenters. The third-order valence-electron chi connectivity index (χ3n) is 6.19. The third-order valence-corrected chi connectivity index (χ3v) is 6.19. The monoisotopic (exact) mass is 473 g/mol. The lowest BCUT2D eigenvalue weighted by atomic mass is 9.85. The zero-order valence-corrected chi connectivity index (χ0v) is 19.3. The molecule has 0 aliphatic heterocycles. The average Bonchev–Trinajstić information content (AvgIpc) is 3.33. The molecule has 0 amide bonds. The summed E-state index contributed by atoms with van der Waals surface area (Å²) in [5.41, 5.74) is 3.74. The minimum atomic E-state index is 0. The molecule has 0 radical (unpaired) electrons. The van der Waals surface area contributed by atoms with Crippen molar-refractivity contribution in [3.63, 3.8) is 0 Å². The van der Waals surface area contributed by atoms with E-state index in [1.165, 1.54) is 49.8 Å². The van der Waals surface area contributed by atoms with Crippen LogP contribution in [0.2, 0.25) is 0 Å². The van der Waals surface area contributed by atoms with Crippen molar-refractivity contribution in [2.24, 2.45) is 23.9 Å². The van der Waals surface area contributed by atoms with Gasteiger partial charge in [0, 0.05) is 31.9 Å². The highest BCUT2D eigenvalue weighted by Gasteiger charge is 2.43. The van der Waals surface area contributed by atoms with Crippen molar-refractivity contribution in [1.29, 1.82) is 0 Å².